The molecule has 0 amide bonds. The molecule has 1 N–H and O–H groups in total. The van der Waals surface area contributed by atoms with E-state index in [-0.39, 0.29) is 5.75 Å². The Kier molecular flexibility index (Phi) is 6.73. The molecule has 8 nitrogen and oxygen atoms in total. The second-order valence-electron chi connectivity index (χ2n) is 9.30. The minimum absolute atomic E-state index is 0.144. The topological polar surface area (TPSA) is 92.9 Å². The number of benzene rings is 1. The van der Waals surface area contributed by atoms with Crippen LogP contribution in [0.1, 0.15) is 35.4 Å². The van der Waals surface area contributed by atoms with Crippen molar-refractivity contribution in [3.63, 3.8) is 0 Å². The molecule has 1 aliphatic rings. The van der Waals surface area contributed by atoms with Crippen molar-refractivity contribution in [2.45, 2.75) is 39.7 Å². The number of imidazole rings is 1. The van der Waals surface area contributed by atoms with Crippen molar-refractivity contribution in [1.29, 1.82) is 0 Å². The van der Waals surface area contributed by atoms with E-state index < -0.39 is 18.5 Å². The number of rotatable bonds is 7. The van der Waals surface area contributed by atoms with Crippen molar-refractivity contribution in [2.75, 3.05) is 18.0 Å². The Morgan fingerprint density at radius 2 is 1.97 bits per heavy atom. The molecule has 4 heterocycles. The quantitative estimate of drug-likeness (QED) is 0.380. The highest BCUT2D eigenvalue weighted by atomic mass is 19.3. The number of anilines is 1. The van der Waals surface area contributed by atoms with Crippen LogP contribution < -0.4 is 9.64 Å². The number of nitrogens with zero attached hydrogens (tertiary/aromatic N) is 5. The number of alkyl halides is 2. The summed E-state index contributed by atoms with van der Waals surface area (Å²) >= 11 is 0. The average Bonchev–Trinajstić information content (AvgIpc) is 3.18. The standard InChI is InChI=1S/C27H27F2N5O3/c1-16-10-24-32-17(2)22(11-18-6-3-4-8-23(18)37-26(28)29)34(24)15-21(16)20-12-30-27(31-13-20)33-9-5-7-19(14-33)25(35)36/h3-4,6,8,10,12-13,15,19,26H,5,7,9,11,14H2,1-2H3,(H,35,36)/t19-/m0/s1. The van der Waals surface area contributed by atoms with Gasteiger partial charge in [0.1, 0.15) is 11.4 Å². The Balaban J connectivity index is 1.46. The van der Waals surface area contributed by atoms with Gasteiger partial charge in [-0.25, -0.2) is 15.0 Å². The summed E-state index contributed by atoms with van der Waals surface area (Å²) in [4.78, 5) is 27.1. The number of carbonyl (C=O) groups is 1. The molecule has 0 radical (unpaired) electrons. The third-order valence-electron chi connectivity index (χ3n) is 6.82. The van der Waals surface area contributed by atoms with E-state index in [2.05, 4.69) is 15.0 Å². The van der Waals surface area contributed by atoms with Crippen LogP contribution >= 0.6 is 0 Å². The van der Waals surface area contributed by atoms with Crippen LogP contribution in [0.3, 0.4) is 0 Å². The van der Waals surface area contributed by atoms with Crippen molar-refractivity contribution >= 4 is 17.6 Å². The van der Waals surface area contributed by atoms with Gasteiger partial charge in [0.15, 0.2) is 0 Å². The van der Waals surface area contributed by atoms with Gasteiger partial charge in [-0.15, -0.1) is 0 Å². The first-order chi connectivity index (χ1) is 17.8. The number of aromatic nitrogens is 4. The monoisotopic (exact) mass is 507 g/mol. The number of halogens is 2. The Labute approximate surface area is 212 Å². The third kappa shape index (κ3) is 5.09. The summed E-state index contributed by atoms with van der Waals surface area (Å²) in [5.74, 6) is -0.546. The fraction of sp³-hybridized carbons (Fsp3) is 0.333. The molecule has 1 aliphatic heterocycles. The van der Waals surface area contributed by atoms with E-state index >= 15 is 0 Å². The lowest BCUT2D eigenvalue weighted by atomic mass is 9.99. The zero-order chi connectivity index (χ0) is 26.1. The van der Waals surface area contributed by atoms with Crippen LogP contribution in [0.5, 0.6) is 5.75 Å². The van der Waals surface area contributed by atoms with Crippen molar-refractivity contribution in [3.05, 3.63) is 71.4 Å². The third-order valence-corrected chi connectivity index (χ3v) is 6.82. The molecule has 5 rings (SSSR count). The van der Waals surface area contributed by atoms with Crippen molar-refractivity contribution in [1.82, 2.24) is 19.4 Å². The molecule has 0 spiro atoms. The Hall–Kier alpha value is -4.08. The van der Waals surface area contributed by atoms with E-state index in [0.717, 1.165) is 46.7 Å². The first-order valence-corrected chi connectivity index (χ1v) is 12.1. The fourth-order valence-corrected chi connectivity index (χ4v) is 4.89. The molecular weight excluding hydrogens is 480 g/mol. The minimum atomic E-state index is -2.90. The van der Waals surface area contributed by atoms with E-state index in [1.54, 1.807) is 30.6 Å². The summed E-state index contributed by atoms with van der Waals surface area (Å²) in [5, 5.41) is 9.37. The maximum atomic E-state index is 12.9. The lowest BCUT2D eigenvalue weighted by Crippen LogP contribution is -2.39. The number of carboxylic acid groups (broad SMARTS) is 1. The molecular formula is C27H27F2N5O3. The van der Waals surface area contributed by atoms with Crippen LogP contribution in [0.2, 0.25) is 0 Å². The number of hydrogen-bond donors (Lipinski definition) is 1. The molecule has 4 aromatic rings. The van der Waals surface area contributed by atoms with Gasteiger partial charge in [-0.2, -0.15) is 8.78 Å². The molecule has 3 aromatic heterocycles. The van der Waals surface area contributed by atoms with Gasteiger partial charge in [-0.1, -0.05) is 18.2 Å². The van der Waals surface area contributed by atoms with Gasteiger partial charge >= 0.3 is 12.6 Å². The number of pyridine rings is 1. The number of ether oxygens (including phenoxy) is 1. The van der Waals surface area contributed by atoms with Gasteiger partial charge in [0, 0.05) is 60.5 Å². The largest absolute Gasteiger partial charge is 0.481 e. The predicted octanol–water partition coefficient (Wildman–Crippen LogP) is 4.90. The molecule has 10 heteroatoms. The van der Waals surface area contributed by atoms with Gasteiger partial charge in [0.2, 0.25) is 5.95 Å². The lowest BCUT2D eigenvalue weighted by molar-refractivity contribution is -0.141. The van der Waals surface area contributed by atoms with Crippen molar-refractivity contribution < 1.29 is 23.4 Å². The van der Waals surface area contributed by atoms with Crippen LogP contribution in [0.25, 0.3) is 16.8 Å². The van der Waals surface area contributed by atoms with Gasteiger partial charge in [-0.3, -0.25) is 4.79 Å². The van der Waals surface area contributed by atoms with Gasteiger partial charge in [0.05, 0.1) is 11.6 Å². The van der Waals surface area contributed by atoms with Gasteiger partial charge in [-0.05, 0) is 44.4 Å². The predicted molar refractivity (Wildman–Crippen MR) is 134 cm³/mol. The second kappa shape index (κ2) is 10.1. The molecule has 0 unspecified atom stereocenters. The smallest absolute Gasteiger partial charge is 0.387 e. The van der Waals surface area contributed by atoms with E-state index in [9.17, 15) is 18.7 Å². The Bertz CT molecular complexity index is 1440. The maximum Gasteiger partial charge on any atom is 0.387 e. The first kappa shape index (κ1) is 24.6. The Morgan fingerprint density at radius 3 is 2.70 bits per heavy atom. The van der Waals surface area contributed by atoms with Crippen molar-refractivity contribution in [3.8, 4) is 16.9 Å². The zero-order valence-corrected chi connectivity index (χ0v) is 20.6. The highest BCUT2D eigenvalue weighted by molar-refractivity contribution is 5.71. The number of piperidine rings is 1. The van der Waals surface area contributed by atoms with E-state index in [1.165, 1.54) is 6.07 Å². The highest BCUT2D eigenvalue weighted by Crippen LogP contribution is 2.29. The summed E-state index contributed by atoms with van der Waals surface area (Å²) in [6.07, 6.45) is 7.27. The first-order valence-electron chi connectivity index (χ1n) is 12.1. The van der Waals surface area contributed by atoms with Crippen LogP contribution in [0, 0.1) is 19.8 Å². The highest BCUT2D eigenvalue weighted by Gasteiger charge is 2.26. The molecule has 1 aromatic carbocycles. The molecule has 0 saturated carbocycles. The number of aliphatic carboxylic acids is 1. The number of hydrogen-bond acceptors (Lipinski definition) is 6. The summed E-state index contributed by atoms with van der Waals surface area (Å²) in [6.45, 7) is 2.10. The maximum absolute atomic E-state index is 12.9. The van der Waals surface area contributed by atoms with Crippen molar-refractivity contribution in [2.24, 2.45) is 5.92 Å². The fourth-order valence-electron chi connectivity index (χ4n) is 4.89. The molecule has 0 aliphatic carbocycles. The van der Waals surface area contributed by atoms with Crippen LogP contribution in [-0.4, -0.2) is 50.1 Å². The molecule has 1 saturated heterocycles. The van der Waals surface area contributed by atoms with Crippen LogP contribution in [-0.2, 0) is 11.2 Å². The molecule has 0 bridgehead atoms. The van der Waals surface area contributed by atoms with E-state index in [1.807, 2.05) is 35.4 Å². The van der Waals surface area contributed by atoms with Crippen LogP contribution in [0.4, 0.5) is 14.7 Å². The van der Waals surface area contributed by atoms with E-state index in [4.69, 9.17) is 4.74 Å². The molecule has 1 fully saturated rings. The molecule has 37 heavy (non-hydrogen) atoms. The summed E-state index contributed by atoms with van der Waals surface area (Å²) in [6, 6.07) is 8.74. The number of carboxylic acids is 1. The lowest BCUT2D eigenvalue weighted by Gasteiger charge is -2.30. The molecule has 192 valence electrons. The average molecular weight is 508 g/mol. The number of aryl methyl sites for hydroxylation is 2. The van der Waals surface area contributed by atoms with Crippen LogP contribution in [0.15, 0.2) is 48.9 Å². The minimum Gasteiger partial charge on any atom is -0.481 e. The summed E-state index contributed by atoms with van der Waals surface area (Å²) in [7, 11) is 0. The molecule has 1 atom stereocenters. The summed E-state index contributed by atoms with van der Waals surface area (Å²) < 4.78 is 32.5. The van der Waals surface area contributed by atoms with E-state index in [0.29, 0.717) is 30.9 Å². The number of fused-ring (bicyclic) bond motifs is 1. The zero-order valence-electron chi connectivity index (χ0n) is 20.6. The SMILES string of the molecule is Cc1cc2nc(C)c(Cc3ccccc3OC(F)F)n2cc1-c1cnc(N2CCC[C@H](C(=O)O)C2)nc1. The van der Waals surface area contributed by atoms with Gasteiger partial charge in [0.25, 0.3) is 0 Å². The summed E-state index contributed by atoms with van der Waals surface area (Å²) in [5.41, 5.74) is 5.78. The number of para-hydroxylation sites is 1. The second-order valence-corrected chi connectivity index (χ2v) is 9.30. The van der Waals surface area contributed by atoms with Gasteiger partial charge < -0.3 is 19.1 Å². The Morgan fingerprint density at radius 1 is 1.22 bits per heavy atom. The normalized spacial score (nSPS) is 15.9.